The number of nitrogens with zero attached hydrogens (tertiary/aromatic N) is 1. The highest BCUT2D eigenvalue weighted by molar-refractivity contribution is 7.22. The molecule has 1 N–H and O–H groups in total. The zero-order valence-corrected chi connectivity index (χ0v) is 12.1. The molecule has 0 atom stereocenters. The van der Waals surface area contributed by atoms with E-state index >= 15 is 0 Å². The fourth-order valence-electron chi connectivity index (χ4n) is 2.26. The first kappa shape index (κ1) is 12.2. The van der Waals surface area contributed by atoms with Crippen LogP contribution in [0.15, 0.2) is 36.4 Å². The van der Waals surface area contributed by atoms with Gasteiger partial charge in [-0.3, -0.25) is 0 Å². The van der Waals surface area contributed by atoms with Crippen LogP contribution in [0.5, 0.6) is 0 Å². The normalized spacial score (nSPS) is 10.9. The molecule has 0 bridgehead atoms. The second-order valence-corrected chi connectivity index (χ2v) is 5.86. The van der Waals surface area contributed by atoms with Crippen LogP contribution in [0.25, 0.3) is 10.2 Å². The van der Waals surface area contributed by atoms with Crippen LogP contribution in [0.2, 0.25) is 0 Å². The van der Waals surface area contributed by atoms with E-state index in [1.807, 2.05) is 0 Å². The zero-order chi connectivity index (χ0) is 13.4. The van der Waals surface area contributed by atoms with Gasteiger partial charge in [-0.2, -0.15) is 0 Å². The molecule has 19 heavy (non-hydrogen) atoms. The second-order valence-electron chi connectivity index (χ2n) is 4.83. The Balaban J connectivity index is 2.04. The summed E-state index contributed by atoms with van der Waals surface area (Å²) >= 11 is 1.70. The largest absolute Gasteiger partial charge is 0.331 e. The van der Waals surface area contributed by atoms with Crippen molar-refractivity contribution in [1.82, 2.24) is 4.98 Å². The average Bonchev–Trinajstić information content (AvgIpc) is 2.78. The summed E-state index contributed by atoms with van der Waals surface area (Å²) in [7, 11) is 0. The number of aryl methyl sites for hydroxylation is 3. The van der Waals surface area contributed by atoms with E-state index in [1.165, 1.54) is 27.1 Å². The minimum atomic E-state index is 0.960. The van der Waals surface area contributed by atoms with Gasteiger partial charge < -0.3 is 5.32 Å². The zero-order valence-electron chi connectivity index (χ0n) is 11.3. The standard InChI is InChI=1S/C16H16N2S/c1-10-6-4-7-11(2)14(10)17-16-18-15-12(3)8-5-9-13(15)19-16/h4-9H,1-3H3,(H,17,18). The third-order valence-electron chi connectivity index (χ3n) is 3.33. The predicted octanol–water partition coefficient (Wildman–Crippen LogP) is 4.97. The van der Waals surface area contributed by atoms with E-state index in [1.54, 1.807) is 11.3 Å². The van der Waals surface area contributed by atoms with Crippen LogP contribution in [-0.2, 0) is 0 Å². The second kappa shape index (κ2) is 4.67. The van der Waals surface area contributed by atoms with E-state index in [9.17, 15) is 0 Å². The molecule has 1 heterocycles. The molecule has 0 aliphatic heterocycles. The molecule has 0 radical (unpaired) electrons. The summed E-state index contributed by atoms with van der Waals surface area (Å²) in [6.45, 7) is 6.34. The van der Waals surface area contributed by atoms with Gasteiger partial charge in [0.1, 0.15) is 0 Å². The van der Waals surface area contributed by atoms with E-state index in [0.29, 0.717) is 0 Å². The summed E-state index contributed by atoms with van der Waals surface area (Å²) in [4.78, 5) is 4.70. The van der Waals surface area contributed by atoms with Crippen LogP contribution in [-0.4, -0.2) is 4.98 Å². The van der Waals surface area contributed by atoms with Crippen LogP contribution in [0, 0.1) is 20.8 Å². The van der Waals surface area contributed by atoms with Gasteiger partial charge in [0.2, 0.25) is 0 Å². The topological polar surface area (TPSA) is 24.9 Å². The van der Waals surface area contributed by atoms with Gasteiger partial charge in [-0.1, -0.05) is 41.7 Å². The Bertz CT molecular complexity index is 723. The average molecular weight is 268 g/mol. The molecule has 3 rings (SSSR count). The summed E-state index contributed by atoms with van der Waals surface area (Å²) in [6, 6.07) is 12.6. The number of benzene rings is 2. The van der Waals surface area contributed by atoms with E-state index in [4.69, 9.17) is 4.98 Å². The predicted molar refractivity (Wildman–Crippen MR) is 83.6 cm³/mol. The smallest absolute Gasteiger partial charge is 0.188 e. The van der Waals surface area contributed by atoms with Gasteiger partial charge in [0.15, 0.2) is 5.13 Å². The quantitative estimate of drug-likeness (QED) is 0.710. The number of aromatic nitrogens is 1. The Morgan fingerprint density at radius 1 is 0.895 bits per heavy atom. The summed E-state index contributed by atoms with van der Waals surface area (Å²) < 4.78 is 1.23. The Hall–Kier alpha value is -1.87. The fourth-order valence-corrected chi connectivity index (χ4v) is 3.21. The van der Waals surface area contributed by atoms with Crippen molar-refractivity contribution in [3.63, 3.8) is 0 Å². The van der Waals surface area contributed by atoms with E-state index < -0.39 is 0 Å². The number of thiazole rings is 1. The number of para-hydroxylation sites is 2. The molecular formula is C16H16N2S. The maximum absolute atomic E-state index is 4.70. The highest BCUT2D eigenvalue weighted by Crippen LogP contribution is 2.31. The van der Waals surface area contributed by atoms with Crippen molar-refractivity contribution < 1.29 is 0 Å². The molecule has 0 saturated carbocycles. The first-order valence-electron chi connectivity index (χ1n) is 6.34. The Kier molecular flexibility index (Phi) is 2.99. The first-order chi connectivity index (χ1) is 9.15. The maximum atomic E-state index is 4.70. The molecule has 0 unspecified atom stereocenters. The molecular weight excluding hydrogens is 252 g/mol. The molecule has 96 valence electrons. The van der Waals surface area contributed by atoms with E-state index in [-0.39, 0.29) is 0 Å². The van der Waals surface area contributed by atoms with Crippen LogP contribution < -0.4 is 5.32 Å². The molecule has 2 nitrogen and oxygen atoms in total. The van der Waals surface area contributed by atoms with Crippen LogP contribution >= 0.6 is 11.3 Å². The Labute approximate surface area is 117 Å². The monoisotopic (exact) mass is 268 g/mol. The van der Waals surface area contributed by atoms with Gasteiger partial charge in [-0.05, 0) is 43.5 Å². The summed E-state index contributed by atoms with van der Waals surface area (Å²) in [5, 5.41) is 4.42. The van der Waals surface area contributed by atoms with Gasteiger partial charge in [-0.25, -0.2) is 4.98 Å². The number of rotatable bonds is 2. The number of hydrogen-bond donors (Lipinski definition) is 1. The molecule has 0 aliphatic rings. The van der Waals surface area contributed by atoms with Crippen molar-refractivity contribution in [2.45, 2.75) is 20.8 Å². The van der Waals surface area contributed by atoms with Crippen molar-refractivity contribution >= 4 is 32.4 Å². The van der Waals surface area contributed by atoms with Crippen molar-refractivity contribution in [3.8, 4) is 0 Å². The molecule has 0 aliphatic carbocycles. The van der Waals surface area contributed by atoms with Crippen molar-refractivity contribution in [2.75, 3.05) is 5.32 Å². The Morgan fingerprint density at radius 2 is 1.53 bits per heavy atom. The van der Waals surface area contributed by atoms with Crippen molar-refractivity contribution in [3.05, 3.63) is 53.1 Å². The van der Waals surface area contributed by atoms with Gasteiger partial charge in [0.05, 0.1) is 10.2 Å². The highest BCUT2D eigenvalue weighted by atomic mass is 32.1. The van der Waals surface area contributed by atoms with Gasteiger partial charge in [-0.15, -0.1) is 0 Å². The number of anilines is 2. The van der Waals surface area contributed by atoms with E-state index in [2.05, 4.69) is 62.5 Å². The molecule has 0 saturated heterocycles. The molecule has 0 fully saturated rings. The molecule has 3 heteroatoms. The van der Waals surface area contributed by atoms with Crippen molar-refractivity contribution in [1.29, 1.82) is 0 Å². The van der Waals surface area contributed by atoms with Crippen LogP contribution in [0.4, 0.5) is 10.8 Å². The third-order valence-corrected chi connectivity index (χ3v) is 4.27. The fraction of sp³-hybridized carbons (Fsp3) is 0.188. The minimum Gasteiger partial charge on any atom is -0.331 e. The van der Waals surface area contributed by atoms with Gasteiger partial charge in [0.25, 0.3) is 0 Å². The summed E-state index contributed by atoms with van der Waals surface area (Å²) in [6.07, 6.45) is 0. The van der Waals surface area contributed by atoms with Crippen LogP contribution in [0.3, 0.4) is 0 Å². The van der Waals surface area contributed by atoms with Crippen molar-refractivity contribution in [2.24, 2.45) is 0 Å². The lowest BCUT2D eigenvalue weighted by molar-refractivity contribution is 1.34. The minimum absolute atomic E-state index is 0.960. The van der Waals surface area contributed by atoms with Gasteiger partial charge in [0, 0.05) is 5.69 Å². The van der Waals surface area contributed by atoms with Gasteiger partial charge >= 0.3 is 0 Å². The highest BCUT2D eigenvalue weighted by Gasteiger charge is 2.08. The molecule has 0 spiro atoms. The number of hydrogen-bond acceptors (Lipinski definition) is 3. The first-order valence-corrected chi connectivity index (χ1v) is 7.16. The Morgan fingerprint density at radius 3 is 2.21 bits per heavy atom. The molecule has 3 aromatic rings. The molecule has 2 aromatic carbocycles. The molecule has 1 aromatic heterocycles. The lowest BCUT2D eigenvalue weighted by atomic mass is 10.1. The van der Waals surface area contributed by atoms with Crippen LogP contribution in [0.1, 0.15) is 16.7 Å². The SMILES string of the molecule is Cc1cccc(C)c1Nc1nc2c(C)cccc2s1. The number of nitrogens with one attached hydrogen (secondary N) is 1. The third kappa shape index (κ3) is 2.22. The maximum Gasteiger partial charge on any atom is 0.188 e. The number of fused-ring (bicyclic) bond motifs is 1. The summed E-state index contributed by atoms with van der Waals surface area (Å²) in [5.74, 6) is 0. The lowest BCUT2D eigenvalue weighted by Crippen LogP contribution is -1.95. The molecule has 0 amide bonds. The van der Waals surface area contributed by atoms with E-state index in [0.717, 1.165) is 10.6 Å². The lowest BCUT2D eigenvalue weighted by Gasteiger charge is -2.09. The summed E-state index contributed by atoms with van der Waals surface area (Å²) in [5.41, 5.74) is 5.98.